The number of benzene rings is 2. The number of thiocarbonyl (C=S) groups is 1. The zero-order valence-corrected chi connectivity index (χ0v) is 22.2. The highest BCUT2D eigenvalue weighted by molar-refractivity contribution is 8.26. The molecule has 1 fully saturated rings. The van der Waals surface area contributed by atoms with Gasteiger partial charge in [-0.2, -0.15) is 5.10 Å². The molecule has 0 unspecified atom stereocenters. The number of carbonyl (C=O) groups is 1. The molecule has 3 heterocycles. The molecule has 0 spiro atoms. The van der Waals surface area contributed by atoms with Crippen LogP contribution in [0.5, 0.6) is 0 Å². The van der Waals surface area contributed by atoms with Gasteiger partial charge in [-0.1, -0.05) is 67.7 Å². The summed E-state index contributed by atoms with van der Waals surface area (Å²) in [5.74, 6) is 1.69. The second kappa shape index (κ2) is 11.3. The van der Waals surface area contributed by atoms with E-state index in [0.717, 1.165) is 28.3 Å². The monoisotopic (exact) mass is 531 g/mol. The van der Waals surface area contributed by atoms with Gasteiger partial charge < -0.3 is 4.42 Å². The van der Waals surface area contributed by atoms with Gasteiger partial charge in [-0.3, -0.25) is 9.69 Å². The number of hydrogen-bond donors (Lipinski definition) is 0. The molecule has 0 saturated carbocycles. The van der Waals surface area contributed by atoms with E-state index in [9.17, 15) is 4.79 Å². The van der Waals surface area contributed by atoms with Crippen molar-refractivity contribution >= 4 is 52.0 Å². The first-order valence-electron chi connectivity index (χ1n) is 11.8. The molecule has 0 aliphatic carbocycles. The number of unbranched alkanes of at least 4 members (excludes halogenated alkanes) is 1. The van der Waals surface area contributed by atoms with E-state index in [1.165, 1.54) is 29.5 Å². The van der Waals surface area contributed by atoms with Gasteiger partial charge in [-0.15, -0.1) is 11.8 Å². The van der Waals surface area contributed by atoms with Gasteiger partial charge in [-0.25, -0.2) is 4.68 Å². The van der Waals surface area contributed by atoms with Crippen LogP contribution in [-0.2, 0) is 11.3 Å². The maximum atomic E-state index is 13.2. The molecular weight excluding hydrogens is 507 g/mol. The van der Waals surface area contributed by atoms with Gasteiger partial charge in [0.05, 0.1) is 29.1 Å². The van der Waals surface area contributed by atoms with E-state index < -0.39 is 0 Å². The Kier molecular flexibility index (Phi) is 7.75. The minimum absolute atomic E-state index is 0.123. The van der Waals surface area contributed by atoms with Gasteiger partial charge in [0, 0.05) is 22.2 Å². The lowest BCUT2D eigenvalue weighted by Crippen LogP contribution is -2.27. The van der Waals surface area contributed by atoms with Crippen LogP contribution in [-0.4, -0.2) is 30.7 Å². The molecule has 8 heteroatoms. The lowest BCUT2D eigenvalue weighted by Gasteiger charge is -2.11. The molecule has 2 aromatic heterocycles. The SMILES string of the molecule is CCCCSc1ccc(-c2nn(-c3ccccc3)cc2C=C2SC(=S)N(Cc3ccco3)C2=O)cc1. The van der Waals surface area contributed by atoms with Crippen molar-refractivity contribution < 1.29 is 9.21 Å². The molecule has 1 aliphatic rings. The first kappa shape index (κ1) is 24.6. The summed E-state index contributed by atoms with van der Waals surface area (Å²) in [6.07, 6.45) is 7.86. The molecule has 36 heavy (non-hydrogen) atoms. The molecule has 5 rings (SSSR count). The van der Waals surface area contributed by atoms with Gasteiger partial charge in [0.15, 0.2) is 0 Å². The second-order valence-electron chi connectivity index (χ2n) is 8.29. The summed E-state index contributed by atoms with van der Waals surface area (Å²) in [5.41, 5.74) is 3.64. The van der Waals surface area contributed by atoms with Crippen molar-refractivity contribution in [2.75, 3.05) is 5.75 Å². The van der Waals surface area contributed by atoms with Gasteiger partial charge in [0.25, 0.3) is 5.91 Å². The lowest BCUT2D eigenvalue weighted by molar-refractivity contribution is -0.122. The first-order valence-corrected chi connectivity index (χ1v) is 14.0. The van der Waals surface area contributed by atoms with E-state index in [1.54, 1.807) is 17.2 Å². The summed E-state index contributed by atoms with van der Waals surface area (Å²) >= 11 is 8.69. The third kappa shape index (κ3) is 5.51. The summed E-state index contributed by atoms with van der Waals surface area (Å²) in [4.78, 5) is 16.6. The number of aromatic nitrogens is 2. The molecule has 4 aromatic rings. The lowest BCUT2D eigenvalue weighted by atomic mass is 10.1. The van der Waals surface area contributed by atoms with Crippen molar-refractivity contribution in [3.63, 3.8) is 0 Å². The minimum Gasteiger partial charge on any atom is -0.467 e. The number of amides is 1. The Balaban J connectivity index is 1.47. The normalized spacial score (nSPS) is 14.8. The highest BCUT2D eigenvalue weighted by atomic mass is 32.2. The molecule has 0 atom stereocenters. The largest absolute Gasteiger partial charge is 0.467 e. The molecule has 5 nitrogen and oxygen atoms in total. The number of para-hydroxylation sites is 1. The van der Waals surface area contributed by atoms with E-state index in [1.807, 2.05) is 65.1 Å². The predicted molar refractivity (Wildman–Crippen MR) is 152 cm³/mol. The van der Waals surface area contributed by atoms with Crippen molar-refractivity contribution in [2.24, 2.45) is 0 Å². The molecule has 1 aliphatic heterocycles. The van der Waals surface area contributed by atoms with Gasteiger partial charge in [0.1, 0.15) is 10.1 Å². The zero-order chi connectivity index (χ0) is 24.9. The van der Waals surface area contributed by atoms with Crippen molar-refractivity contribution in [2.45, 2.75) is 31.2 Å². The summed E-state index contributed by atoms with van der Waals surface area (Å²) < 4.78 is 7.80. The second-order valence-corrected chi connectivity index (χ2v) is 11.1. The average molecular weight is 532 g/mol. The van der Waals surface area contributed by atoms with Crippen LogP contribution in [0.1, 0.15) is 31.1 Å². The van der Waals surface area contributed by atoms with Crippen LogP contribution in [0.4, 0.5) is 0 Å². The van der Waals surface area contributed by atoms with Gasteiger partial charge in [0.2, 0.25) is 0 Å². The Hall–Kier alpha value is -3.07. The van der Waals surface area contributed by atoms with E-state index in [4.69, 9.17) is 21.7 Å². The molecule has 2 aromatic carbocycles. The summed E-state index contributed by atoms with van der Waals surface area (Å²) in [7, 11) is 0. The van der Waals surface area contributed by atoms with Crippen LogP contribution in [0.25, 0.3) is 23.0 Å². The molecule has 0 bridgehead atoms. The summed E-state index contributed by atoms with van der Waals surface area (Å²) in [6.45, 7) is 2.53. The quantitative estimate of drug-likeness (QED) is 0.0969. The van der Waals surface area contributed by atoms with Crippen molar-refractivity contribution in [1.29, 1.82) is 0 Å². The molecule has 1 amide bonds. The molecule has 1 saturated heterocycles. The number of carbonyl (C=O) groups excluding carboxylic acids is 1. The third-order valence-corrected chi connectivity index (χ3v) is 8.19. The van der Waals surface area contributed by atoms with Crippen molar-refractivity contribution in [3.05, 3.63) is 95.4 Å². The van der Waals surface area contributed by atoms with E-state index in [0.29, 0.717) is 21.5 Å². The van der Waals surface area contributed by atoms with Crippen LogP contribution in [0.15, 0.2) is 93.4 Å². The number of hydrogen-bond acceptors (Lipinski definition) is 6. The van der Waals surface area contributed by atoms with Crippen LogP contribution in [0, 0.1) is 0 Å². The topological polar surface area (TPSA) is 51.3 Å². The van der Waals surface area contributed by atoms with Crippen molar-refractivity contribution in [1.82, 2.24) is 14.7 Å². The number of rotatable bonds is 9. The fourth-order valence-corrected chi connectivity index (χ4v) is 6.05. The molecular formula is C28H25N3O2S3. The Labute approximate surface area is 224 Å². The van der Waals surface area contributed by atoms with E-state index >= 15 is 0 Å². The predicted octanol–water partition coefficient (Wildman–Crippen LogP) is 7.43. The van der Waals surface area contributed by atoms with Crippen LogP contribution >= 0.6 is 35.7 Å². The third-order valence-electron chi connectivity index (χ3n) is 5.71. The maximum absolute atomic E-state index is 13.2. The Morgan fingerprint density at radius 2 is 1.89 bits per heavy atom. The van der Waals surface area contributed by atoms with Gasteiger partial charge in [-0.05, 0) is 54.6 Å². The van der Waals surface area contributed by atoms with Gasteiger partial charge >= 0.3 is 0 Å². The minimum atomic E-state index is -0.123. The Morgan fingerprint density at radius 1 is 1.08 bits per heavy atom. The first-order chi connectivity index (χ1) is 17.6. The number of nitrogens with zero attached hydrogens (tertiary/aromatic N) is 3. The Morgan fingerprint density at radius 3 is 2.61 bits per heavy atom. The number of thioether (sulfide) groups is 2. The maximum Gasteiger partial charge on any atom is 0.266 e. The highest BCUT2D eigenvalue weighted by Gasteiger charge is 2.33. The molecule has 0 N–H and O–H groups in total. The van der Waals surface area contributed by atoms with Crippen LogP contribution in [0.2, 0.25) is 0 Å². The summed E-state index contributed by atoms with van der Waals surface area (Å²) in [6, 6.07) is 22.1. The fourth-order valence-electron chi connectivity index (χ4n) is 3.81. The molecule has 182 valence electrons. The van der Waals surface area contributed by atoms with Crippen molar-refractivity contribution in [3.8, 4) is 16.9 Å². The van der Waals surface area contributed by atoms with Crippen LogP contribution in [0.3, 0.4) is 0 Å². The highest BCUT2D eigenvalue weighted by Crippen LogP contribution is 2.36. The fraction of sp³-hybridized carbons (Fsp3) is 0.179. The summed E-state index contributed by atoms with van der Waals surface area (Å²) in [5, 5.41) is 4.91. The van der Waals surface area contributed by atoms with E-state index in [2.05, 4.69) is 31.2 Å². The zero-order valence-electron chi connectivity index (χ0n) is 19.8. The van der Waals surface area contributed by atoms with Crippen LogP contribution < -0.4 is 0 Å². The average Bonchev–Trinajstić information content (AvgIpc) is 3.63. The smallest absolute Gasteiger partial charge is 0.266 e. The van der Waals surface area contributed by atoms with E-state index in [-0.39, 0.29) is 5.91 Å². The number of furan rings is 1. The Bertz CT molecular complexity index is 1380. The standard InChI is InChI=1S/C28H25N3O2S3/c1-2-3-16-35-24-13-11-20(12-14-24)26-21(18-31(29-26)22-8-5-4-6-9-22)17-25-27(32)30(28(34)36-25)19-23-10-7-15-33-23/h4-15,17-18H,2-3,16,19H2,1H3. The molecule has 0 radical (unpaired) electrons.